The Balaban J connectivity index is 3.18. The van der Waals surface area contributed by atoms with Crippen molar-refractivity contribution in [2.75, 3.05) is 21.3 Å². The van der Waals surface area contributed by atoms with Gasteiger partial charge in [0, 0.05) is 0 Å². The van der Waals surface area contributed by atoms with Gasteiger partial charge in [0.2, 0.25) is 0 Å². The van der Waals surface area contributed by atoms with Crippen molar-refractivity contribution in [3.63, 3.8) is 0 Å². The van der Waals surface area contributed by atoms with E-state index in [0.29, 0.717) is 17.9 Å². The molecule has 0 unspecified atom stereocenters. The fraction of sp³-hybridized carbons (Fsp3) is 0.500. The van der Waals surface area contributed by atoms with E-state index in [1.165, 1.54) is 33.5 Å². The van der Waals surface area contributed by atoms with Gasteiger partial charge in [-0.15, -0.1) is 0 Å². The van der Waals surface area contributed by atoms with Crippen LogP contribution in [0, 0.1) is 5.41 Å². The molecule has 18 heavy (non-hydrogen) atoms. The van der Waals surface area contributed by atoms with Crippen LogP contribution in [-0.4, -0.2) is 38.4 Å². The molecule has 1 aliphatic rings. The van der Waals surface area contributed by atoms with E-state index in [1.54, 1.807) is 0 Å². The molecular weight excluding hydrogens is 240 g/mol. The van der Waals surface area contributed by atoms with Crippen molar-refractivity contribution in [3.05, 3.63) is 23.7 Å². The summed E-state index contributed by atoms with van der Waals surface area (Å²) in [4.78, 5) is 22.8. The molecule has 0 atom stereocenters. The highest BCUT2D eigenvalue weighted by Crippen LogP contribution is 2.36. The third-order valence-corrected chi connectivity index (χ3v) is 2.77. The first-order valence-corrected chi connectivity index (χ1v) is 5.29. The molecule has 0 aromatic carbocycles. The van der Waals surface area contributed by atoms with Crippen molar-refractivity contribution in [2.45, 2.75) is 12.8 Å². The van der Waals surface area contributed by atoms with Gasteiger partial charge < -0.3 is 19.3 Å². The van der Waals surface area contributed by atoms with Gasteiger partial charge in [-0.3, -0.25) is 9.59 Å². The van der Waals surface area contributed by atoms with E-state index in [1.807, 2.05) is 0 Å². The number of aliphatic carboxylic acids is 1. The maximum absolute atomic E-state index is 11.4. The summed E-state index contributed by atoms with van der Waals surface area (Å²) < 4.78 is 14.7. The number of carboxylic acids is 1. The molecule has 0 fully saturated rings. The molecule has 6 nitrogen and oxygen atoms in total. The van der Waals surface area contributed by atoms with Crippen molar-refractivity contribution in [3.8, 4) is 0 Å². The summed E-state index contributed by atoms with van der Waals surface area (Å²) in [6.07, 6.45) is 2.88. The summed E-state index contributed by atoms with van der Waals surface area (Å²) in [6, 6.07) is 0. The van der Waals surface area contributed by atoms with Crippen LogP contribution < -0.4 is 0 Å². The maximum Gasteiger partial charge on any atom is 0.318 e. The zero-order chi connectivity index (χ0) is 13.8. The highest BCUT2D eigenvalue weighted by Gasteiger charge is 2.41. The van der Waals surface area contributed by atoms with Gasteiger partial charge in [0.25, 0.3) is 0 Å². The van der Waals surface area contributed by atoms with E-state index in [-0.39, 0.29) is 6.42 Å². The highest BCUT2D eigenvalue weighted by molar-refractivity contribution is 5.86. The Bertz CT molecular complexity index is 387. The largest absolute Gasteiger partial charge is 0.501 e. The van der Waals surface area contributed by atoms with Crippen LogP contribution in [0.4, 0.5) is 0 Å². The average molecular weight is 256 g/mol. The molecule has 0 amide bonds. The number of hydrogen-bond acceptors (Lipinski definition) is 5. The molecule has 1 N–H and O–H groups in total. The first kappa shape index (κ1) is 14.1. The summed E-state index contributed by atoms with van der Waals surface area (Å²) in [5, 5.41) is 9.35. The topological polar surface area (TPSA) is 82.1 Å². The van der Waals surface area contributed by atoms with Gasteiger partial charge in [-0.2, -0.15) is 0 Å². The summed E-state index contributed by atoms with van der Waals surface area (Å²) in [6.45, 7) is 0. The Morgan fingerprint density at radius 2 is 1.72 bits per heavy atom. The Hall–Kier alpha value is -1.98. The molecule has 0 radical (unpaired) electrons. The molecule has 0 saturated heterocycles. The van der Waals surface area contributed by atoms with E-state index in [2.05, 4.69) is 4.74 Å². The second-order valence-electron chi connectivity index (χ2n) is 3.90. The standard InChI is InChI=1S/C12H16O6/c1-16-8-4-9(17-2)6-12(5-8,11(14)15)7-10(13)18-3/h5-6H,4,7H2,1-3H3,(H,14,15). The minimum atomic E-state index is -1.48. The summed E-state index contributed by atoms with van der Waals surface area (Å²) in [7, 11) is 4.09. The average Bonchev–Trinajstić information content (AvgIpc) is 2.37. The second-order valence-corrected chi connectivity index (χ2v) is 3.90. The van der Waals surface area contributed by atoms with Crippen LogP contribution >= 0.6 is 0 Å². The Morgan fingerprint density at radius 1 is 1.22 bits per heavy atom. The fourth-order valence-corrected chi connectivity index (χ4v) is 1.76. The van der Waals surface area contributed by atoms with Crippen LogP contribution in [0.2, 0.25) is 0 Å². The smallest absolute Gasteiger partial charge is 0.318 e. The van der Waals surface area contributed by atoms with Gasteiger partial charge in [0.05, 0.1) is 34.2 Å². The molecule has 0 bridgehead atoms. The number of methoxy groups -OCH3 is 3. The summed E-state index contributed by atoms with van der Waals surface area (Å²) in [5.74, 6) is -0.879. The van der Waals surface area contributed by atoms with Gasteiger partial charge >= 0.3 is 11.9 Å². The van der Waals surface area contributed by atoms with Crippen LogP contribution in [-0.2, 0) is 23.8 Å². The summed E-state index contributed by atoms with van der Waals surface area (Å²) in [5.41, 5.74) is -1.48. The molecule has 0 aromatic heterocycles. The molecule has 1 aliphatic carbocycles. The summed E-state index contributed by atoms with van der Waals surface area (Å²) >= 11 is 0. The van der Waals surface area contributed by atoms with Gasteiger partial charge in [0.15, 0.2) is 0 Å². The first-order chi connectivity index (χ1) is 8.47. The molecule has 0 saturated carbocycles. The number of ether oxygens (including phenoxy) is 3. The lowest BCUT2D eigenvalue weighted by Crippen LogP contribution is -2.33. The quantitative estimate of drug-likeness (QED) is 0.741. The predicted molar refractivity (Wildman–Crippen MR) is 61.5 cm³/mol. The molecule has 1 rings (SSSR count). The lowest BCUT2D eigenvalue weighted by atomic mass is 9.80. The zero-order valence-electron chi connectivity index (χ0n) is 10.6. The van der Waals surface area contributed by atoms with Crippen molar-refractivity contribution in [1.29, 1.82) is 0 Å². The zero-order valence-corrected chi connectivity index (χ0v) is 10.6. The lowest BCUT2D eigenvalue weighted by molar-refractivity contribution is -0.152. The van der Waals surface area contributed by atoms with E-state index < -0.39 is 17.4 Å². The van der Waals surface area contributed by atoms with Crippen LogP contribution in [0.15, 0.2) is 23.7 Å². The number of hydrogen-bond donors (Lipinski definition) is 1. The van der Waals surface area contributed by atoms with Crippen LogP contribution in [0.3, 0.4) is 0 Å². The molecule has 100 valence electrons. The molecular formula is C12H16O6. The number of carbonyl (C=O) groups is 2. The molecule has 0 spiro atoms. The molecule has 0 aliphatic heterocycles. The fourth-order valence-electron chi connectivity index (χ4n) is 1.76. The molecule has 0 aromatic rings. The van der Waals surface area contributed by atoms with Crippen molar-refractivity contribution in [2.24, 2.45) is 5.41 Å². The van der Waals surface area contributed by atoms with Crippen molar-refractivity contribution >= 4 is 11.9 Å². The van der Waals surface area contributed by atoms with E-state index in [0.717, 1.165) is 0 Å². The van der Waals surface area contributed by atoms with Crippen LogP contribution in [0.5, 0.6) is 0 Å². The molecule has 6 heteroatoms. The first-order valence-electron chi connectivity index (χ1n) is 5.29. The van der Waals surface area contributed by atoms with Crippen LogP contribution in [0.25, 0.3) is 0 Å². The molecule has 0 heterocycles. The minimum absolute atomic E-state index is 0.307. The third-order valence-electron chi connectivity index (χ3n) is 2.77. The Kier molecular flexibility index (Phi) is 4.36. The normalized spacial score (nSPS) is 17.3. The van der Waals surface area contributed by atoms with Gasteiger partial charge in [-0.1, -0.05) is 0 Å². The van der Waals surface area contributed by atoms with Gasteiger partial charge in [-0.25, -0.2) is 0 Å². The van der Waals surface area contributed by atoms with E-state index in [4.69, 9.17) is 9.47 Å². The lowest BCUT2D eigenvalue weighted by Gasteiger charge is -2.27. The Labute approximate surface area is 105 Å². The third kappa shape index (κ3) is 2.82. The van der Waals surface area contributed by atoms with Gasteiger partial charge in [0.1, 0.15) is 16.9 Å². The van der Waals surface area contributed by atoms with Crippen molar-refractivity contribution in [1.82, 2.24) is 0 Å². The minimum Gasteiger partial charge on any atom is -0.501 e. The maximum atomic E-state index is 11.4. The van der Waals surface area contributed by atoms with E-state index in [9.17, 15) is 14.7 Å². The monoisotopic (exact) mass is 256 g/mol. The van der Waals surface area contributed by atoms with Gasteiger partial charge in [-0.05, 0) is 12.2 Å². The predicted octanol–water partition coefficient (Wildman–Crippen LogP) is 1.08. The van der Waals surface area contributed by atoms with Crippen molar-refractivity contribution < 1.29 is 28.9 Å². The number of carboxylic acid groups (broad SMARTS) is 1. The Morgan fingerprint density at radius 3 is 2.06 bits per heavy atom. The second kappa shape index (κ2) is 5.57. The SMILES string of the molecule is COC(=O)CC1(C(=O)O)C=C(OC)CC(OC)=C1. The number of esters is 1. The number of carbonyl (C=O) groups excluding carboxylic acids is 1. The highest BCUT2D eigenvalue weighted by atomic mass is 16.5. The van der Waals surface area contributed by atoms with Crippen LogP contribution in [0.1, 0.15) is 12.8 Å². The van der Waals surface area contributed by atoms with E-state index >= 15 is 0 Å². The number of rotatable bonds is 5.